The average Bonchev–Trinajstić information content (AvgIpc) is 3.36. The van der Waals surface area contributed by atoms with Gasteiger partial charge in [-0.25, -0.2) is 4.98 Å². The molecule has 0 radical (unpaired) electrons. The minimum Gasteiger partial charge on any atom is -0.497 e. The molecular weight excluding hydrogens is 384 g/mol. The fraction of sp³-hybridized carbons (Fsp3) is 0.263. The Morgan fingerprint density at radius 3 is 2.77 bits per heavy atom. The first-order chi connectivity index (χ1) is 12.7. The highest BCUT2D eigenvalue weighted by molar-refractivity contribution is 7.99. The lowest BCUT2D eigenvalue weighted by molar-refractivity contribution is -0.120. The maximum absolute atomic E-state index is 12.2. The molecule has 0 aliphatic rings. The van der Waals surface area contributed by atoms with E-state index in [2.05, 4.69) is 15.7 Å². The molecule has 3 aromatic rings. The number of ether oxygens (including phenoxy) is 1. The topological polar surface area (TPSA) is 51.2 Å². The van der Waals surface area contributed by atoms with Crippen LogP contribution in [0.1, 0.15) is 17.5 Å². The third-order valence-electron chi connectivity index (χ3n) is 3.76. The highest BCUT2D eigenvalue weighted by Crippen LogP contribution is 2.28. The van der Waals surface area contributed by atoms with Gasteiger partial charge in [-0.3, -0.25) is 4.79 Å². The van der Waals surface area contributed by atoms with Crippen molar-refractivity contribution in [2.75, 3.05) is 7.11 Å². The van der Waals surface area contributed by atoms with Crippen LogP contribution in [0.25, 0.3) is 10.6 Å². The van der Waals surface area contributed by atoms with Gasteiger partial charge in [0.15, 0.2) is 0 Å². The van der Waals surface area contributed by atoms with Crippen molar-refractivity contribution >= 4 is 40.3 Å². The molecule has 4 nitrogen and oxygen atoms in total. The van der Waals surface area contributed by atoms with Gasteiger partial charge in [-0.1, -0.05) is 6.07 Å². The van der Waals surface area contributed by atoms with Crippen LogP contribution < -0.4 is 10.1 Å². The zero-order chi connectivity index (χ0) is 18.4. The first-order valence-electron chi connectivity index (χ1n) is 8.16. The van der Waals surface area contributed by atoms with Crippen LogP contribution >= 0.6 is 34.4 Å². The molecule has 7 heteroatoms. The molecule has 2 aromatic heterocycles. The van der Waals surface area contributed by atoms with Gasteiger partial charge >= 0.3 is 0 Å². The molecule has 136 valence electrons. The van der Waals surface area contributed by atoms with Crippen molar-refractivity contribution in [3.8, 4) is 16.3 Å². The number of rotatable bonds is 8. The lowest BCUT2D eigenvalue weighted by Gasteiger charge is -2.10. The van der Waals surface area contributed by atoms with Gasteiger partial charge in [-0.05, 0) is 42.6 Å². The maximum atomic E-state index is 12.2. The summed E-state index contributed by atoms with van der Waals surface area (Å²) < 4.78 is 5.18. The monoisotopic (exact) mass is 404 g/mol. The van der Waals surface area contributed by atoms with E-state index in [9.17, 15) is 4.79 Å². The lowest BCUT2D eigenvalue weighted by atomic mass is 10.2. The van der Waals surface area contributed by atoms with Crippen molar-refractivity contribution in [2.24, 2.45) is 0 Å². The van der Waals surface area contributed by atoms with Crippen molar-refractivity contribution in [1.29, 1.82) is 0 Å². The SMILES string of the molecule is COc1ccc(-c2nc(CS[C@H](C)C(=O)NCc3cccs3)cs2)cc1. The van der Waals surface area contributed by atoms with E-state index in [1.807, 2.05) is 48.7 Å². The number of methoxy groups -OCH3 is 1. The smallest absolute Gasteiger partial charge is 0.233 e. The zero-order valence-corrected chi connectivity index (χ0v) is 17.0. The van der Waals surface area contributed by atoms with Gasteiger partial charge < -0.3 is 10.1 Å². The van der Waals surface area contributed by atoms with E-state index in [0.29, 0.717) is 6.54 Å². The first kappa shape index (κ1) is 18.9. The summed E-state index contributed by atoms with van der Waals surface area (Å²) >= 11 is 4.88. The minimum absolute atomic E-state index is 0.0639. The molecule has 0 aliphatic heterocycles. The van der Waals surface area contributed by atoms with E-state index >= 15 is 0 Å². The molecule has 1 N–H and O–H groups in total. The Hall–Kier alpha value is -1.83. The molecule has 1 aromatic carbocycles. The lowest BCUT2D eigenvalue weighted by Crippen LogP contribution is -2.30. The third-order valence-corrected chi connectivity index (χ3v) is 6.75. The number of thiazole rings is 1. The molecule has 2 heterocycles. The van der Waals surface area contributed by atoms with E-state index < -0.39 is 0 Å². The van der Waals surface area contributed by atoms with Gasteiger partial charge in [-0.2, -0.15) is 0 Å². The molecule has 3 rings (SSSR count). The third kappa shape index (κ3) is 5.09. The summed E-state index contributed by atoms with van der Waals surface area (Å²) in [5, 5.41) is 7.93. The van der Waals surface area contributed by atoms with Crippen LogP contribution in [0.2, 0.25) is 0 Å². The summed E-state index contributed by atoms with van der Waals surface area (Å²) in [6, 6.07) is 11.9. The molecule has 0 fully saturated rings. The van der Waals surface area contributed by atoms with Crippen LogP contribution in [0.15, 0.2) is 47.2 Å². The summed E-state index contributed by atoms with van der Waals surface area (Å²) in [6.07, 6.45) is 0. The standard InChI is InChI=1S/C19H20N2O2S3/c1-13(18(22)20-10-17-4-3-9-24-17)25-11-15-12-26-19(21-15)14-5-7-16(23-2)8-6-14/h3-9,12-13H,10-11H2,1-2H3,(H,20,22)/t13-/m1/s1. The van der Waals surface area contributed by atoms with Crippen LogP contribution in [0.5, 0.6) is 5.75 Å². The number of hydrogen-bond donors (Lipinski definition) is 1. The largest absolute Gasteiger partial charge is 0.497 e. The van der Waals surface area contributed by atoms with Gasteiger partial charge in [-0.15, -0.1) is 34.4 Å². The number of aromatic nitrogens is 1. The Morgan fingerprint density at radius 2 is 2.08 bits per heavy atom. The molecule has 0 bridgehead atoms. The van der Waals surface area contributed by atoms with Crippen molar-refractivity contribution < 1.29 is 9.53 Å². The van der Waals surface area contributed by atoms with Gasteiger partial charge in [0, 0.05) is 21.6 Å². The van der Waals surface area contributed by atoms with E-state index in [4.69, 9.17) is 4.74 Å². The molecule has 0 saturated carbocycles. The molecule has 1 atom stereocenters. The van der Waals surface area contributed by atoms with Crippen molar-refractivity contribution in [1.82, 2.24) is 10.3 Å². The highest BCUT2D eigenvalue weighted by atomic mass is 32.2. The summed E-state index contributed by atoms with van der Waals surface area (Å²) in [6.45, 7) is 2.53. The van der Waals surface area contributed by atoms with Crippen LogP contribution in [-0.4, -0.2) is 23.3 Å². The predicted molar refractivity (Wildman–Crippen MR) is 111 cm³/mol. The van der Waals surface area contributed by atoms with Gasteiger partial charge in [0.25, 0.3) is 0 Å². The first-order valence-corrected chi connectivity index (χ1v) is 11.0. The quantitative estimate of drug-likeness (QED) is 0.585. The second kappa shape index (κ2) is 9.21. The molecule has 1 amide bonds. The Kier molecular flexibility index (Phi) is 6.71. The number of nitrogens with zero attached hydrogens (tertiary/aromatic N) is 1. The Balaban J connectivity index is 1.49. The highest BCUT2D eigenvalue weighted by Gasteiger charge is 2.14. The van der Waals surface area contributed by atoms with Gasteiger partial charge in [0.05, 0.1) is 24.6 Å². The number of carbonyl (C=O) groups excluding carboxylic acids is 1. The summed E-state index contributed by atoms with van der Waals surface area (Å²) in [5.41, 5.74) is 2.08. The molecule has 0 spiro atoms. The molecule has 26 heavy (non-hydrogen) atoms. The number of amides is 1. The van der Waals surface area contributed by atoms with Crippen LogP contribution in [-0.2, 0) is 17.1 Å². The summed E-state index contributed by atoms with van der Waals surface area (Å²) in [7, 11) is 1.66. The van der Waals surface area contributed by atoms with Gasteiger partial charge in [0.1, 0.15) is 10.8 Å². The van der Waals surface area contributed by atoms with Crippen LogP contribution in [0, 0.1) is 0 Å². The van der Waals surface area contributed by atoms with Gasteiger partial charge in [0.2, 0.25) is 5.91 Å². The second-order valence-electron chi connectivity index (χ2n) is 5.62. The van der Waals surface area contributed by atoms with Crippen LogP contribution in [0.4, 0.5) is 0 Å². The molecule has 0 aliphatic carbocycles. The zero-order valence-electron chi connectivity index (χ0n) is 14.6. The predicted octanol–water partition coefficient (Wildman–Crippen LogP) is 4.82. The fourth-order valence-corrected chi connectivity index (χ4v) is 4.64. The Bertz CT molecular complexity index is 829. The second-order valence-corrected chi connectivity index (χ2v) is 8.84. The number of carbonyl (C=O) groups is 1. The number of hydrogen-bond acceptors (Lipinski definition) is 6. The van der Waals surface area contributed by atoms with Crippen molar-refractivity contribution in [2.45, 2.75) is 24.5 Å². The Morgan fingerprint density at radius 1 is 1.27 bits per heavy atom. The summed E-state index contributed by atoms with van der Waals surface area (Å²) in [5.74, 6) is 1.62. The summed E-state index contributed by atoms with van der Waals surface area (Å²) in [4.78, 5) is 18.0. The Labute approximate surface area is 165 Å². The maximum Gasteiger partial charge on any atom is 0.233 e. The number of thiophene rings is 1. The van der Waals surface area contributed by atoms with Crippen LogP contribution in [0.3, 0.4) is 0 Å². The normalized spacial score (nSPS) is 11.9. The van der Waals surface area contributed by atoms with Crippen molar-refractivity contribution in [3.63, 3.8) is 0 Å². The number of thioether (sulfide) groups is 1. The fourth-order valence-electron chi connectivity index (χ4n) is 2.26. The molecule has 0 unspecified atom stereocenters. The minimum atomic E-state index is -0.110. The van der Waals surface area contributed by atoms with E-state index in [-0.39, 0.29) is 11.2 Å². The molecule has 0 saturated heterocycles. The number of nitrogens with one attached hydrogen (secondary N) is 1. The van der Waals surface area contributed by atoms with E-state index in [0.717, 1.165) is 27.8 Å². The van der Waals surface area contributed by atoms with E-state index in [1.165, 1.54) is 4.88 Å². The molecular formula is C19H20N2O2S3. The van der Waals surface area contributed by atoms with E-state index in [1.54, 1.807) is 41.5 Å². The average molecular weight is 405 g/mol. The number of benzene rings is 1. The van der Waals surface area contributed by atoms with Crippen molar-refractivity contribution in [3.05, 3.63) is 57.7 Å².